The van der Waals surface area contributed by atoms with E-state index in [0.29, 0.717) is 5.69 Å². The Morgan fingerprint density at radius 3 is 2.62 bits per heavy atom. The number of hydrogen-bond donors (Lipinski definition) is 0. The van der Waals surface area contributed by atoms with Crippen LogP contribution in [0, 0.1) is 6.92 Å². The van der Waals surface area contributed by atoms with Crippen LogP contribution >= 0.6 is 0 Å². The minimum Gasteiger partial charge on any atom is -0.376 e. The maximum Gasteiger partial charge on any atom is 0.240 e. The van der Waals surface area contributed by atoms with E-state index in [4.69, 9.17) is 0 Å². The summed E-state index contributed by atoms with van der Waals surface area (Å²) in [5.74, 6) is 0. The molecule has 0 unspecified atom stereocenters. The van der Waals surface area contributed by atoms with Gasteiger partial charge in [0.05, 0.1) is 11.4 Å². The highest BCUT2D eigenvalue weighted by molar-refractivity contribution is 5.69. The molecule has 0 spiro atoms. The van der Waals surface area contributed by atoms with E-state index < -0.39 is 0 Å². The molecule has 13 heavy (non-hydrogen) atoms. The fourth-order valence-corrected chi connectivity index (χ4v) is 1.15. The van der Waals surface area contributed by atoms with Gasteiger partial charge in [0, 0.05) is 14.1 Å². The van der Waals surface area contributed by atoms with Crippen molar-refractivity contribution in [2.45, 2.75) is 6.92 Å². The highest BCUT2D eigenvalue weighted by Gasteiger charge is 2.02. The van der Waals surface area contributed by atoms with Crippen LogP contribution in [0.25, 0.3) is 0 Å². The summed E-state index contributed by atoms with van der Waals surface area (Å²) >= 11 is 0. The van der Waals surface area contributed by atoms with Gasteiger partial charge in [0.15, 0.2) is 0 Å². The van der Waals surface area contributed by atoms with Crippen LogP contribution in [0.5, 0.6) is 0 Å². The highest BCUT2D eigenvalue weighted by atomic mass is 16.1. The van der Waals surface area contributed by atoms with E-state index in [1.165, 1.54) is 0 Å². The lowest BCUT2D eigenvalue weighted by Gasteiger charge is -2.14. The van der Waals surface area contributed by atoms with E-state index in [-0.39, 0.29) is 0 Å². The Balaban J connectivity index is 3.26. The topological polar surface area (TPSA) is 32.7 Å². The number of aliphatic imine (C=N–C) groups is 1. The molecule has 0 N–H and O–H groups in total. The minimum absolute atomic E-state index is 0.667. The number of aryl methyl sites for hydroxylation is 1. The molecule has 0 fully saturated rings. The van der Waals surface area contributed by atoms with Gasteiger partial charge in [-0.15, -0.1) is 0 Å². The fraction of sp³-hybridized carbons (Fsp3) is 0.300. The van der Waals surface area contributed by atoms with E-state index in [9.17, 15) is 4.79 Å². The first-order valence-corrected chi connectivity index (χ1v) is 4.01. The van der Waals surface area contributed by atoms with Crippen LogP contribution in [0.2, 0.25) is 0 Å². The lowest BCUT2D eigenvalue weighted by atomic mass is 10.2. The van der Waals surface area contributed by atoms with Crippen LogP contribution in [0.15, 0.2) is 23.2 Å². The molecule has 0 amide bonds. The van der Waals surface area contributed by atoms with Gasteiger partial charge in [-0.05, 0) is 24.6 Å². The number of nitrogens with zero attached hydrogens (tertiary/aromatic N) is 2. The Labute approximate surface area is 77.7 Å². The Hall–Kier alpha value is -1.60. The van der Waals surface area contributed by atoms with Crippen molar-refractivity contribution in [3.8, 4) is 0 Å². The molecule has 1 aromatic carbocycles. The average molecular weight is 176 g/mol. The molecule has 68 valence electrons. The quantitative estimate of drug-likeness (QED) is 0.510. The van der Waals surface area contributed by atoms with Crippen molar-refractivity contribution in [2.75, 3.05) is 19.0 Å². The first-order chi connectivity index (χ1) is 6.15. The zero-order chi connectivity index (χ0) is 9.84. The lowest BCUT2D eigenvalue weighted by Crippen LogP contribution is -2.08. The van der Waals surface area contributed by atoms with Gasteiger partial charge < -0.3 is 4.90 Å². The molecule has 0 aliphatic rings. The summed E-state index contributed by atoms with van der Waals surface area (Å²) in [6.45, 7) is 1.96. The molecule has 0 heterocycles. The Kier molecular flexibility index (Phi) is 2.83. The number of rotatable bonds is 2. The largest absolute Gasteiger partial charge is 0.376 e. The molecule has 0 saturated heterocycles. The molecule has 0 aliphatic heterocycles. The van der Waals surface area contributed by atoms with Crippen molar-refractivity contribution >= 4 is 17.5 Å². The molecule has 0 atom stereocenters. The van der Waals surface area contributed by atoms with Crippen molar-refractivity contribution in [1.29, 1.82) is 0 Å². The number of isocyanates is 1. The highest BCUT2D eigenvalue weighted by Crippen LogP contribution is 2.27. The monoisotopic (exact) mass is 176 g/mol. The predicted octanol–water partition coefficient (Wildman–Crippen LogP) is 2.03. The molecule has 0 aliphatic carbocycles. The first kappa shape index (κ1) is 9.49. The Morgan fingerprint density at radius 2 is 2.08 bits per heavy atom. The normalized spacial score (nSPS) is 9.15. The third-order valence-corrected chi connectivity index (χ3v) is 1.78. The van der Waals surface area contributed by atoms with Crippen LogP contribution < -0.4 is 4.90 Å². The summed E-state index contributed by atoms with van der Waals surface area (Å²) in [7, 11) is 3.82. The second kappa shape index (κ2) is 3.87. The van der Waals surface area contributed by atoms with E-state index in [0.717, 1.165) is 11.3 Å². The molecular formula is C10H12N2O. The van der Waals surface area contributed by atoms with Crippen LogP contribution in [-0.4, -0.2) is 20.2 Å². The lowest BCUT2D eigenvalue weighted by molar-refractivity contribution is 0.565. The number of hydrogen-bond acceptors (Lipinski definition) is 3. The minimum atomic E-state index is 0.667. The third kappa shape index (κ3) is 2.17. The predicted molar refractivity (Wildman–Crippen MR) is 53.3 cm³/mol. The maximum absolute atomic E-state index is 10.2. The van der Waals surface area contributed by atoms with Gasteiger partial charge in [0.2, 0.25) is 6.08 Å². The summed E-state index contributed by atoms with van der Waals surface area (Å²) < 4.78 is 0. The van der Waals surface area contributed by atoms with Gasteiger partial charge >= 0.3 is 0 Å². The fourth-order valence-electron chi connectivity index (χ4n) is 1.15. The molecule has 1 rings (SSSR count). The van der Waals surface area contributed by atoms with Crippen molar-refractivity contribution in [2.24, 2.45) is 4.99 Å². The zero-order valence-corrected chi connectivity index (χ0v) is 8.03. The van der Waals surface area contributed by atoms with E-state index in [1.807, 2.05) is 44.1 Å². The molecule has 3 heteroatoms. The molecule has 1 aromatic rings. The molecular weight excluding hydrogens is 164 g/mol. The van der Waals surface area contributed by atoms with Crippen molar-refractivity contribution in [1.82, 2.24) is 0 Å². The molecule has 0 bridgehead atoms. The number of benzene rings is 1. The number of anilines is 1. The van der Waals surface area contributed by atoms with Gasteiger partial charge in [-0.2, -0.15) is 4.99 Å². The van der Waals surface area contributed by atoms with E-state index in [1.54, 1.807) is 6.08 Å². The van der Waals surface area contributed by atoms with Gasteiger partial charge in [-0.1, -0.05) is 6.07 Å². The molecule has 0 radical (unpaired) electrons. The molecule has 0 saturated carbocycles. The van der Waals surface area contributed by atoms with E-state index in [2.05, 4.69) is 4.99 Å². The first-order valence-electron chi connectivity index (χ1n) is 4.01. The van der Waals surface area contributed by atoms with Crippen molar-refractivity contribution in [3.05, 3.63) is 23.8 Å². The number of carbonyl (C=O) groups excluding carboxylic acids is 1. The second-order valence-electron chi connectivity index (χ2n) is 3.09. The average Bonchev–Trinajstić information content (AvgIpc) is 2.04. The van der Waals surface area contributed by atoms with Gasteiger partial charge in [0.1, 0.15) is 0 Å². The van der Waals surface area contributed by atoms with Crippen LogP contribution in [-0.2, 0) is 4.79 Å². The molecule has 3 nitrogen and oxygen atoms in total. The van der Waals surface area contributed by atoms with Gasteiger partial charge in [-0.3, -0.25) is 0 Å². The zero-order valence-electron chi connectivity index (χ0n) is 8.03. The molecule has 0 aromatic heterocycles. The maximum atomic E-state index is 10.2. The summed E-state index contributed by atoms with van der Waals surface area (Å²) in [5, 5.41) is 0. The Bertz CT molecular complexity index is 352. The summed E-state index contributed by atoms with van der Waals surface area (Å²) in [6.07, 6.45) is 1.55. The third-order valence-electron chi connectivity index (χ3n) is 1.78. The van der Waals surface area contributed by atoms with E-state index >= 15 is 0 Å². The van der Waals surface area contributed by atoms with Crippen LogP contribution in [0.4, 0.5) is 11.4 Å². The Morgan fingerprint density at radius 1 is 1.38 bits per heavy atom. The smallest absolute Gasteiger partial charge is 0.240 e. The second-order valence-corrected chi connectivity index (χ2v) is 3.09. The van der Waals surface area contributed by atoms with Gasteiger partial charge in [-0.25, -0.2) is 4.79 Å². The summed E-state index contributed by atoms with van der Waals surface area (Å²) in [6, 6.07) is 5.78. The summed E-state index contributed by atoms with van der Waals surface area (Å²) in [5.41, 5.74) is 2.67. The standard InChI is InChI=1S/C10H12N2O/c1-8-4-5-10(12(2)3)9(6-8)11-7-13/h4-6H,1-3H3. The summed E-state index contributed by atoms with van der Waals surface area (Å²) in [4.78, 5) is 15.7. The van der Waals surface area contributed by atoms with Crippen LogP contribution in [0.1, 0.15) is 5.56 Å². The SMILES string of the molecule is Cc1ccc(N(C)C)c(N=C=O)c1. The van der Waals surface area contributed by atoms with Crippen molar-refractivity contribution < 1.29 is 4.79 Å². The van der Waals surface area contributed by atoms with Gasteiger partial charge in [0.25, 0.3) is 0 Å². The van der Waals surface area contributed by atoms with Crippen LogP contribution in [0.3, 0.4) is 0 Å². The van der Waals surface area contributed by atoms with Crippen molar-refractivity contribution in [3.63, 3.8) is 0 Å².